The standard InChI is InChI=1S/C12H9NO3/c1-7(14)13-9-4-2-3-8-10(15)5-6-11(16)12(8)9/h2-6H,1H3,(H,13,14). The predicted molar refractivity (Wildman–Crippen MR) is 58.5 cm³/mol. The first kappa shape index (κ1) is 10.3. The van der Waals surface area contributed by atoms with Crippen molar-refractivity contribution in [1.82, 2.24) is 0 Å². The van der Waals surface area contributed by atoms with Crippen LogP contribution < -0.4 is 5.32 Å². The van der Waals surface area contributed by atoms with Crippen LogP contribution in [0.4, 0.5) is 5.69 Å². The summed E-state index contributed by atoms with van der Waals surface area (Å²) in [6.45, 7) is 1.35. The summed E-state index contributed by atoms with van der Waals surface area (Å²) in [7, 11) is 0. The Morgan fingerprint density at radius 2 is 1.81 bits per heavy atom. The van der Waals surface area contributed by atoms with Crippen LogP contribution in [0, 0.1) is 0 Å². The van der Waals surface area contributed by atoms with Gasteiger partial charge in [-0.2, -0.15) is 0 Å². The van der Waals surface area contributed by atoms with E-state index < -0.39 is 0 Å². The fraction of sp³-hybridized carbons (Fsp3) is 0.0833. The van der Waals surface area contributed by atoms with E-state index in [2.05, 4.69) is 5.32 Å². The number of benzene rings is 1. The van der Waals surface area contributed by atoms with Gasteiger partial charge in [0.15, 0.2) is 11.6 Å². The van der Waals surface area contributed by atoms with E-state index in [0.29, 0.717) is 11.3 Å². The van der Waals surface area contributed by atoms with Gasteiger partial charge in [-0.15, -0.1) is 0 Å². The second kappa shape index (κ2) is 3.73. The third kappa shape index (κ3) is 1.65. The second-order valence-electron chi connectivity index (χ2n) is 3.47. The number of carbonyl (C=O) groups is 3. The monoisotopic (exact) mass is 215 g/mol. The SMILES string of the molecule is CC(=O)Nc1cccc2c1C(=O)C=CC2=O. The van der Waals surface area contributed by atoms with Crippen LogP contribution in [0.5, 0.6) is 0 Å². The van der Waals surface area contributed by atoms with Crippen LogP contribution >= 0.6 is 0 Å². The molecule has 0 saturated carbocycles. The lowest BCUT2D eigenvalue weighted by molar-refractivity contribution is -0.114. The molecule has 0 atom stereocenters. The first-order chi connectivity index (χ1) is 7.59. The molecule has 4 heteroatoms. The van der Waals surface area contributed by atoms with E-state index in [0.717, 1.165) is 0 Å². The molecule has 80 valence electrons. The molecule has 0 aliphatic heterocycles. The van der Waals surface area contributed by atoms with Gasteiger partial charge in [0.05, 0.1) is 11.3 Å². The van der Waals surface area contributed by atoms with Crippen molar-refractivity contribution < 1.29 is 14.4 Å². The number of carbonyl (C=O) groups excluding carboxylic acids is 3. The van der Waals surface area contributed by atoms with Gasteiger partial charge in [0, 0.05) is 12.5 Å². The van der Waals surface area contributed by atoms with E-state index in [9.17, 15) is 14.4 Å². The number of amides is 1. The molecule has 0 radical (unpaired) electrons. The molecule has 1 aliphatic carbocycles. The van der Waals surface area contributed by atoms with Gasteiger partial charge in [-0.25, -0.2) is 0 Å². The number of hydrogen-bond donors (Lipinski definition) is 1. The molecule has 0 unspecified atom stereocenters. The van der Waals surface area contributed by atoms with Gasteiger partial charge in [0.25, 0.3) is 0 Å². The van der Waals surface area contributed by atoms with E-state index in [1.807, 2.05) is 0 Å². The van der Waals surface area contributed by atoms with Gasteiger partial charge in [0.1, 0.15) is 0 Å². The Bertz CT molecular complexity index is 529. The zero-order valence-corrected chi connectivity index (χ0v) is 8.61. The quantitative estimate of drug-likeness (QED) is 0.773. The normalized spacial score (nSPS) is 13.6. The number of ketones is 2. The molecule has 1 N–H and O–H groups in total. The molecule has 0 saturated heterocycles. The largest absolute Gasteiger partial charge is 0.326 e. The molecule has 0 heterocycles. The molecule has 1 aromatic carbocycles. The number of fused-ring (bicyclic) bond motifs is 1. The lowest BCUT2D eigenvalue weighted by atomic mass is 9.93. The lowest BCUT2D eigenvalue weighted by Gasteiger charge is -2.13. The molecule has 0 spiro atoms. The Hall–Kier alpha value is -2.23. The summed E-state index contributed by atoms with van der Waals surface area (Å²) in [6.07, 6.45) is 2.46. The third-order valence-electron chi connectivity index (χ3n) is 2.27. The zero-order chi connectivity index (χ0) is 11.7. The molecule has 0 bridgehead atoms. The summed E-state index contributed by atoms with van der Waals surface area (Å²) in [4.78, 5) is 34.1. The minimum absolute atomic E-state index is 0.221. The number of nitrogens with one attached hydrogen (secondary N) is 1. The molecule has 16 heavy (non-hydrogen) atoms. The number of allylic oxidation sites excluding steroid dienone is 2. The minimum Gasteiger partial charge on any atom is -0.326 e. The third-order valence-corrected chi connectivity index (χ3v) is 2.27. The Morgan fingerprint density at radius 3 is 2.50 bits per heavy atom. The Kier molecular flexibility index (Phi) is 2.40. The van der Waals surface area contributed by atoms with Gasteiger partial charge in [0.2, 0.25) is 5.91 Å². The van der Waals surface area contributed by atoms with E-state index in [1.165, 1.54) is 19.1 Å². The number of rotatable bonds is 1. The van der Waals surface area contributed by atoms with E-state index in [-0.39, 0.29) is 23.0 Å². The van der Waals surface area contributed by atoms with Crippen LogP contribution in [0.15, 0.2) is 30.4 Å². The molecule has 4 nitrogen and oxygen atoms in total. The molecule has 1 amide bonds. The Balaban J connectivity index is 2.59. The number of anilines is 1. The summed E-state index contributed by atoms with van der Waals surface area (Å²) in [5.74, 6) is -0.760. The van der Waals surface area contributed by atoms with Crippen molar-refractivity contribution in [2.24, 2.45) is 0 Å². The van der Waals surface area contributed by atoms with Crippen LogP contribution in [0.1, 0.15) is 27.6 Å². The predicted octanol–water partition coefficient (Wildman–Crippen LogP) is 1.58. The first-order valence-corrected chi connectivity index (χ1v) is 4.77. The van der Waals surface area contributed by atoms with Crippen molar-refractivity contribution in [1.29, 1.82) is 0 Å². The van der Waals surface area contributed by atoms with Crippen molar-refractivity contribution in [2.45, 2.75) is 6.92 Å². The maximum absolute atomic E-state index is 11.6. The molecule has 0 fully saturated rings. The van der Waals surface area contributed by atoms with Crippen molar-refractivity contribution in [3.05, 3.63) is 41.5 Å². The summed E-state index contributed by atoms with van der Waals surface area (Å²) in [6, 6.07) is 4.81. The molecule has 2 rings (SSSR count). The molecular weight excluding hydrogens is 206 g/mol. The lowest BCUT2D eigenvalue weighted by Crippen LogP contribution is -2.16. The minimum atomic E-state index is -0.275. The van der Waals surface area contributed by atoms with Crippen LogP contribution in [0.25, 0.3) is 0 Å². The van der Waals surface area contributed by atoms with Gasteiger partial charge in [-0.1, -0.05) is 12.1 Å². The highest BCUT2D eigenvalue weighted by Crippen LogP contribution is 2.24. The average molecular weight is 215 g/mol. The molecule has 1 aliphatic rings. The van der Waals surface area contributed by atoms with Crippen LogP contribution in [0.2, 0.25) is 0 Å². The fourth-order valence-corrected chi connectivity index (χ4v) is 1.64. The van der Waals surface area contributed by atoms with Gasteiger partial charge >= 0.3 is 0 Å². The first-order valence-electron chi connectivity index (χ1n) is 4.77. The van der Waals surface area contributed by atoms with E-state index in [1.54, 1.807) is 18.2 Å². The Labute approximate surface area is 92.0 Å². The molecule has 1 aromatic rings. The van der Waals surface area contributed by atoms with Crippen molar-refractivity contribution >= 4 is 23.2 Å². The molecule has 0 aromatic heterocycles. The van der Waals surface area contributed by atoms with Gasteiger partial charge in [-0.3, -0.25) is 14.4 Å². The highest BCUT2D eigenvalue weighted by Gasteiger charge is 2.22. The highest BCUT2D eigenvalue weighted by molar-refractivity contribution is 6.24. The fourth-order valence-electron chi connectivity index (χ4n) is 1.64. The number of hydrogen-bond acceptors (Lipinski definition) is 3. The average Bonchev–Trinajstić information content (AvgIpc) is 2.23. The summed E-state index contributed by atoms with van der Waals surface area (Å²) in [5, 5.41) is 2.54. The highest BCUT2D eigenvalue weighted by atomic mass is 16.2. The smallest absolute Gasteiger partial charge is 0.221 e. The van der Waals surface area contributed by atoms with Gasteiger partial charge < -0.3 is 5.32 Å². The van der Waals surface area contributed by atoms with Crippen LogP contribution in [0.3, 0.4) is 0 Å². The van der Waals surface area contributed by atoms with Gasteiger partial charge in [-0.05, 0) is 18.2 Å². The Morgan fingerprint density at radius 1 is 1.12 bits per heavy atom. The topological polar surface area (TPSA) is 63.2 Å². The maximum Gasteiger partial charge on any atom is 0.221 e. The second-order valence-corrected chi connectivity index (χ2v) is 3.47. The zero-order valence-electron chi connectivity index (χ0n) is 8.61. The summed E-state index contributed by atoms with van der Waals surface area (Å²) < 4.78 is 0. The van der Waals surface area contributed by atoms with Crippen molar-refractivity contribution in [3.63, 3.8) is 0 Å². The van der Waals surface area contributed by atoms with Crippen LogP contribution in [-0.2, 0) is 4.79 Å². The maximum atomic E-state index is 11.6. The van der Waals surface area contributed by atoms with Crippen molar-refractivity contribution in [2.75, 3.05) is 5.32 Å². The van der Waals surface area contributed by atoms with E-state index in [4.69, 9.17) is 0 Å². The summed E-state index contributed by atoms with van der Waals surface area (Å²) >= 11 is 0. The van der Waals surface area contributed by atoms with E-state index >= 15 is 0 Å². The van der Waals surface area contributed by atoms with Crippen molar-refractivity contribution in [3.8, 4) is 0 Å². The van der Waals surface area contributed by atoms with Crippen LogP contribution in [-0.4, -0.2) is 17.5 Å². The molecular formula is C12H9NO3. The summed E-state index contributed by atoms with van der Waals surface area (Å²) in [5.41, 5.74) is 0.983.